The third kappa shape index (κ3) is 6.33. The molecule has 1 fully saturated rings. The van der Waals surface area contributed by atoms with Gasteiger partial charge < -0.3 is 20.4 Å². The number of nitrogens with one attached hydrogen (secondary N) is 2. The molecule has 172 valence electrons. The zero-order chi connectivity index (χ0) is 22.9. The van der Waals surface area contributed by atoms with E-state index in [0.717, 1.165) is 50.1 Å². The van der Waals surface area contributed by atoms with Crippen molar-refractivity contribution in [2.24, 2.45) is 0 Å². The van der Waals surface area contributed by atoms with Crippen LogP contribution in [0.15, 0.2) is 54.6 Å². The molecule has 1 atom stereocenters. The smallest absolute Gasteiger partial charge is 0.253 e. The fraction of sp³-hybridized carbons (Fsp3) is 0.462. The number of likely N-dealkylation sites (N-methyl/N-ethyl adjacent to an activating group) is 1. The lowest BCUT2D eigenvalue weighted by Gasteiger charge is -2.35. The highest BCUT2D eigenvalue weighted by Crippen LogP contribution is 2.25. The number of carbonyl (C=O) groups excluding carboxylic acids is 2. The molecule has 0 saturated carbocycles. The lowest BCUT2D eigenvalue weighted by atomic mass is 9.94. The average Bonchev–Trinajstić information content (AvgIpc) is 2.80. The molecule has 2 N–H and O–H groups in total. The molecule has 1 aliphatic heterocycles. The van der Waals surface area contributed by atoms with Gasteiger partial charge in [-0.2, -0.15) is 0 Å². The van der Waals surface area contributed by atoms with Gasteiger partial charge in [-0.1, -0.05) is 49.4 Å². The van der Waals surface area contributed by atoms with Gasteiger partial charge in [0.15, 0.2) is 0 Å². The molecule has 6 nitrogen and oxygen atoms in total. The van der Waals surface area contributed by atoms with Crippen LogP contribution in [0.2, 0.25) is 0 Å². The first-order chi connectivity index (χ1) is 15.5. The van der Waals surface area contributed by atoms with E-state index in [9.17, 15) is 9.59 Å². The van der Waals surface area contributed by atoms with E-state index in [1.807, 2.05) is 73.6 Å². The number of piperidine rings is 1. The van der Waals surface area contributed by atoms with E-state index in [2.05, 4.69) is 22.5 Å². The molecule has 3 rings (SSSR count). The van der Waals surface area contributed by atoms with Crippen molar-refractivity contribution in [3.63, 3.8) is 0 Å². The van der Waals surface area contributed by atoms with Gasteiger partial charge >= 0.3 is 0 Å². The second-order valence-corrected chi connectivity index (χ2v) is 8.72. The molecular formula is C26H36N4O2. The Morgan fingerprint density at radius 3 is 2.34 bits per heavy atom. The lowest BCUT2D eigenvalue weighted by molar-refractivity contribution is -0.123. The van der Waals surface area contributed by atoms with Crippen LogP contribution in [0.5, 0.6) is 0 Å². The number of nitrogens with zero attached hydrogens (tertiary/aromatic N) is 2. The summed E-state index contributed by atoms with van der Waals surface area (Å²) < 4.78 is 0. The summed E-state index contributed by atoms with van der Waals surface area (Å²) in [6, 6.07) is 17.9. The Morgan fingerprint density at radius 2 is 1.69 bits per heavy atom. The van der Waals surface area contributed by atoms with Crippen LogP contribution in [0, 0.1) is 0 Å². The van der Waals surface area contributed by atoms with Gasteiger partial charge in [0.25, 0.3) is 5.91 Å². The molecule has 2 aromatic carbocycles. The zero-order valence-corrected chi connectivity index (χ0v) is 19.5. The molecule has 2 amide bonds. The van der Waals surface area contributed by atoms with Crippen molar-refractivity contribution >= 4 is 17.5 Å². The van der Waals surface area contributed by atoms with Crippen LogP contribution in [0.1, 0.15) is 48.0 Å². The van der Waals surface area contributed by atoms with Gasteiger partial charge in [0.2, 0.25) is 5.91 Å². The SMILES string of the molecule is CCC(C(=O)NC1CCN(c2ccccc2C(=O)NCCN(C)C)CC1)c1ccccc1. The number of hydrogen-bond acceptors (Lipinski definition) is 4. The highest BCUT2D eigenvalue weighted by molar-refractivity contribution is 5.99. The summed E-state index contributed by atoms with van der Waals surface area (Å²) in [5.41, 5.74) is 2.75. The molecule has 6 heteroatoms. The molecule has 1 saturated heterocycles. The Kier molecular flexibility index (Phi) is 8.68. The highest BCUT2D eigenvalue weighted by Gasteiger charge is 2.26. The minimum atomic E-state index is -0.110. The predicted octanol–water partition coefficient (Wildman–Crippen LogP) is 3.26. The van der Waals surface area contributed by atoms with Crippen LogP contribution in [0.3, 0.4) is 0 Å². The minimum absolute atomic E-state index is 0.0356. The Hall–Kier alpha value is -2.86. The van der Waals surface area contributed by atoms with Gasteiger partial charge in [0.1, 0.15) is 0 Å². The number of anilines is 1. The van der Waals surface area contributed by atoms with Crippen molar-refractivity contribution in [2.75, 3.05) is 45.2 Å². The lowest BCUT2D eigenvalue weighted by Crippen LogP contribution is -2.46. The molecule has 1 unspecified atom stereocenters. The summed E-state index contributed by atoms with van der Waals surface area (Å²) in [7, 11) is 3.98. The Balaban J connectivity index is 1.57. The van der Waals surface area contributed by atoms with E-state index in [1.54, 1.807) is 0 Å². The first-order valence-corrected chi connectivity index (χ1v) is 11.6. The van der Waals surface area contributed by atoms with Crippen molar-refractivity contribution in [3.05, 3.63) is 65.7 Å². The standard InChI is InChI=1S/C26H36N4O2/c1-4-22(20-10-6-5-7-11-20)26(32)28-21-14-17-30(18-15-21)24-13-9-8-12-23(24)25(31)27-16-19-29(2)3/h5-13,21-22H,4,14-19H2,1-3H3,(H,27,31)(H,28,32). The van der Waals surface area contributed by atoms with Crippen molar-refractivity contribution in [3.8, 4) is 0 Å². The van der Waals surface area contributed by atoms with E-state index in [1.165, 1.54) is 0 Å². The van der Waals surface area contributed by atoms with Crippen LogP contribution in [-0.4, -0.2) is 63.0 Å². The Morgan fingerprint density at radius 1 is 1.03 bits per heavy atom. The number of rotatable bonds is 9. The summed E-state index contributed by atoms with van der Waals surface area (Å²) in [5, 5.41) is 6.28. The molecule has 0 spiro atoms. The monoisotopic (exact) mass is 436 g/mol. The molecule has 0 bridgehead atoms. The molecule has 0 radical (unpaired) electrons. The fourth-order valence-electron chi connectivity index (χ4n) is 4.25. The van der Waals surface area contributed by atoms with Crippen molar-refractivity contribution < 1.29 is 9.59 Å². The molecule has 2 aromatic rings. The average molecular weight is 437 g/mol. The second-order valence-electron chi connectivity index (χ2n) is 8.72. The Bertz CT molecular complexity index is 876. The highest BCUT2D eigenvalue weighted by atomic mass is 16.2. The molecule has 0 aromatic heterocycles. The number of carbonyl (C=O) groups is 2. The number of amides is 2. The zero-order valence-electron chi connectivity index (χ0n) is 19.5. The summed E-state index contributed by atoms with van der Waals surface area (Å²) in [6.45, 7) is 5.11. The number of benzene rings is 2. The molecular weight excluding hydrogens is 400 g/mol. The maximum Gasteiger partial charge on any atom is 0.253 e. The normalized spacial score (nSPS) is 15.4. The summed E-state index contributed by atoms with van der Waals surface area (Å²) in [4.78, 5) is 29.9. The molecule has 1 aliphatic rings. The van der Waals surface area contributed by atoms with Crippen molar-refractivity contribution in [2.45, 2.75) is 38.1 Å². The van der Waals surface area contributed by atoms with E-state index in [0.29, 0.717) is 12.1 Å². The second kappa shape index (κ2) is 11.7. The predicted molar refractivity (Wildman–Crippen MR) is 130 cm³/mol. The van der Waals surface area contributed by atoms with E-state index >= 15 is 0 Å². The molecule has 1 heterocycles. The maximum atomic E-state index is 12.9. The fourth-order valence-corrected chi connectivity index (χ4v) is 4.25. The number of para-hydroxylation sites is 1. The van der Waals surface area contributed by atoms with Crippen LogP contribution >= 0.6 is 0 Å². The first kappa shape index (κ1) is 23.8. The maximum absolute atomic E-state index is 12.9. The van der Waals surface area contributed by atoms with Crippen molar-refractivity contribution in [1.29, 1.82) is 0 Å². The topological polar surface area (TPSA) is 64.7 Å². The largest absolute Gasteiger partial charge is 0.371 e. The third-order valence-electron chi connectivity index (χ3n) is 6.10. The van der Waals surface area contributed by atoms with Gasteiger partial charge in [-0.15, -0.1) is 0 Å². The van der Waals surface area contributed by atoms with E-state index in [4.69, 9.17) is 0 Å². The molecule has 32 heavy (non-hydrogen) atoms. The quantitative estimate of drug-likeness (QED) is 0.633. The van der Waals surface area contributed by atoms with Crippen LogP contribution in [0.25, 0.3) is 0 Å². The van der Waals surface area contributed by atoms with Crippen LogP contribution in [0.4, 0.5) is 5.69 Å². The Labute approximate surface area is 192 Å². The van der Waals surface area contributed by atoms with Gasteiger partial charge in [-0.3, -0.25) is 9.59 Å². The third-order valence-corrected chi connectivity index (χ3v) is 6.10. The summed E-state index contributed by atoms with van der Waals surface area (Å²) in [5.74, 6) is -0.0369. The van der Waals surface area contributed by atoms with Gasteiger partial charge in [-0.05, 0) is 51.1 Å². The summed E-state index contributed by atoms with van der Waals surface area (Å²) >= 11 is 0. The van der Waals surface area contributed by atoms with Crippen LogP contribution < -0.4 is 15.5 Å². The molecule has 0 aliphatic carbocycles. The van der Waals surface area contributed by atoms with Crippen molar-refractivity contribution in [1.82, 2.24) is 15.5 Å². The van der Waals surface area contributed by atoms with Gasteiger partial charge in [-0.25, -0.2) is 0 Å². The first-order valence-electron chi connectivity index (χ1n) is 11.6. The minimum Gasteiger partial charge on any atom is -0.371 e. The van der Waals surface area contributed by atoms with E-state index < -0.39 is 0 Å². The van der Waals surface area contributed by atoms with E-state index in [-0.39, 0.29) is 23.8 Å². The summed E-state index contributed by atoms with van der Waals surface area (Å²) in [6.07, 6.45) is 2.52. The number of hydrogen-bond donors (Lipinski definition) is 2. The van der Waals surface area contributed by atoms with Gasteiger partial charge in [0, 0.05) is 37.9 Å². The van der Waals surface area contributed by atoms with Crippen LogP contribution in [-0.2, 0) is 4.79 Å². The van der Waals surface area contributed by atoms with Gasteiger partial charge in [0.05, 0.1) is 11.5 Å².